The van der Waals surface area contributed by atoms with Gasteiger partial charge in [0, 0.05) is 17.7 Å². The molecule has 3 rings (SSSR count). The quantitative estimate of drug-likeness (QED) is 0.471. The first-order valence-corrected chi connectivity index (χ1v) is 6.87. The van der Waals surface area contributed by atoms with Gasteiger partial charge < -0.3 is 9.15 Å². The summed E-state index contributed by atoms with van der Waals surface area (Å²) in [6.07, 6.45) is 1.47. The SMILES string of the molecule is O=[N+]([O-])c1cc(Oc2ccc(F)c(Cl)c2)cc(-c2ccco2)c1. The van der Waals surface area contributed by atoms with Crippen molar-refractivity contribution in [2.45, 2.75) is 0 Å². The fourth-order valence-electron chi connectivity index (χ4n) is 2.01. The van der Waals surface area contributed by atoms with Gasteiger partial charge in [0.15, 0.2) is 0 Å². The standard InChI is InChI=1S/C16H9ClFNO4/c17-14-9-12(3-4-15(14)18)23-13-7-10(16-2-1-5-22-16)6-11(8-13)19(20)21/h1-9H. The maximum Gasteiger partial charge on any atom is 0.273 e. The number of benzene rings is 2. The summed E-state index contributed by atoms with van der Waals surface area (Å²) in [5.41, 5.74) is 0.342. The van der Waals surface area contributed by atoms with E-state index >= 15 is 0 Å². The number of hydrogen-bond acceptors (Lipinski definition) is 4. The summed E-state index contributed by atoms with van der Waals surface area (Å²) in [5, 5.41) is 11.0. The molecule has 0 saturated heterocycles. The summed E-state index contributed by atoms with van der Waals surface area (Å²) in [4.78, 5) is 10.5. The molecule has 0 unspecified atom stereocenters. The first-order chi connectivity index (χ1) is 11.0. The van der Waals surface area contributed by atoms with Crippen LogP contribution in [0.25, 0.3) is 11.3 Å². The van der Waals surface area contributed by atoms with Crippen LogP contribution >= 0.6 is 11.6 Å². The van der Waals surface area contributed by atoms with Crippen LogP contribution in [0, 0.1) is 15.9 Å². The highest BCUT2D eigenvalue weighted by Gasteiger charge is 2.14. The molecular formula is C16H9ClFNO4. The zero-order chi connectivity index (χ0) is 16.4. The predicted octanol–water partition coefficient (Wildman–Crippen LogP) is 5.44. The molecule has 0 N–H and O–H groups in total. The molecule has 0 aliphatic heterocycles. The zero-order valence-electron chi connectivity index (χ0n) is 11.5. The minimum absolute atomic E-state index is 0.0980. The highest BCUT2D eigenvalue weighted by Crippen LogP contribution is 2.33. The lowest BCUT2D eigenvalue weighted by Gasteiger charge is -2.08. The normalized spacial score (nSPS) is 10.5. The number of ether oxygens (including phenoxy) is 1. The number of hydrogen-bond donors (Lipinski definition) is 0. The Kier molecular flexibility index (Phi) is 3.99. The van der Waals surface area contributed by atoms with Crippen molar-refractivity contribution < 1.29 is 18.5 Å². The lowest BCUT2D eigenvalue weighted by Crippen LogP contribution is -1.92. The second-order valence-electron chi connectivity index (χ2n) is 4.63. The maximum absolute atomic E-state index is 13.2. The lowest BCUT2D eigenvalue weighted by atomic mass is 10.1. The molecule has 0 amide bonds. The molecule has 0 aliphatic carbocycles. The van der Waals surface area contributed by atoms with Crippen LogP contribution < -0.4 is 4.74 Å². The minimum Gasteiger partial charge on any atom is -0.464 e. The molecule has 1 aromatic heterocycles. The van der Waals surface area contributed by atoms with E-state index in [0.717, 1.165) is 6.07 Å². The number of nitro groups is 1. The number of nitrogens with zero attached hydrogens (tertiary/aromatic N) is 1. The van der Waals surface area contributed by atoms with Crippen LogP contribution in [0.4, 0.5) is 10.1 Å². The van der Waals surface area contributed by atoms with E-state index in [9.17, 15) is 14.5 Å². The molecule has 0 radical (unpaired) electrons. The van der Waals surface area contributed by atoms with Crippen molar-refractivity contribution in [3.63, 3.8) is 0 Å². The molecular weight excluding hydrogens is 325 g/mol. The molecule has 0 spiro atoms. The molecule has 7 heteroatoms. The van der Waals surface area contributed by atoms with Gasteiger partial charge in [0.05, 0.1) is 22.3 Å². The average molecular weight is 334 g/mol. The molecule has 0 atom stereocenters. The first kappa shape index (κ1) is 15.1. The van der Waals surface area contributed by atoms with E-state index in [4.69, 9.17) is 20.8 Å². The Morgan fingerprint density at radius 2 is 1.96 bits per heavy atom. The van der Waals surface area contributed by atoms with Crippen molar-refractivity contribution in [2.75, 3.05) is 0 Å². The van der Waals surface area contributed by atoms with Crippen LogP contribution in [0.3, 0.4) is 0 Å². The topological polar surface area (TPSA) is 65.5 Å². The van der Waals surface area contributed by atoms with E-state index in [1.165, 1.54) is 30.5 Å². The van der Waals surface area contributed by atoms with Crippen molar-refractivity contribution in [1.82, 2.24) is 0 Å². The van der Waals surface area contributed by atoms with E-state index in [-0.39, 0.29) is 22.2 Å². The van der Waals surface area contributed by atoms with Gasteiger partial charge in [-0.3, -0.25) is 10.1 Å². The Morgan fingerprint density at radius 1 is 1.13 bits per heavy atom. The minimum atomic E-state index is -0.575. The highest BCUT2D eigenvalue weighted by atomic mass is 35.5. The fraction of sp³-hybridized carbons (Fsp3) is 0. The van der Waals surface area contributed by atoms with Crippen LogP contribution in [0.15, 0.2) is 59.2 Å². The average Bonchev–Trinajstić information content (AvgIpc) is 3.05. The van der Waals surface area contributed by atoms with Crippen molar-refractivity contribution in [1.29, 1.82) is 0 Å². The van der Waals surface area contributed by atoms with Gasteiger partial charge >= 0.3 is 0 Å². The number of nitro benzene ring substituents is 1. The van der Waals surface area contributed by atoms with Gasteiger partial charge in [0.2, 0.25) is 0 Å². The monoisotopic (exact) mass is 333 g/mol. The molecule has 23 heavy (non-hydrogen) atoms. The lowest BCUT2D eigenvalue weighted by molar-refractivity contribution is -0.384. The van der Waals surface area contributed by atoms with Crippen molar-refractivity contribution in [2.24, 2.45) is 0 Å². The maximum atomic E-state index is 13.2. The van der Waals surface area contributed by atoms with Gasteiger partial charge in [0.1, 0.15) is 23.1 Å². The Bertz CT molecular complexity index is 865. The Labute approximate surface area is 135 Å². The summed E-state index contributed by atoms with van der Waals surface area (Å²) >= 11 is 5.70. The third-order valence-electron chi connectivity index (χ3n) is 3.03. The molecule has 0 fully saturated rings. The van der Waals surface area contributed by atoms with Gasteiger partial charge in [0.25, 0.3) is 5.69 Å². The third-order valence-corrected chi connectivity index (χ3v) is 3.32. The molecule has 3 aromatic rings. The van der Waals surface area contributed by atoms with Crippen LogP contribution in [0.5, 0.6) is 11.5 Å². The van der Waals surface area contributed by atoms with Crippen LogP contribution in [-0.2, 0) is 0 Å². The molecule has 116 valence electrons. The summed E-state index contributed by atoms with van der Waals surface area (Å²) in [6, 6.07) is 11.4. The molecule has 1 heterocycles. The van der Waals surface area contributed by atoms with Crippen LogP contribution in [0.2, 0.25) is 5.02 Å². The molecule has 2 aromatic carbocycles. The summed E-state index contributed by atoms with van der Waals surface area (Å²) in [5.74, 6) is 0.376. The second-order valence-corrected chi connectivity index (χ2v) is 5.04. The Balaban J connectivity index is 2.00. The number of rotatable bonds is 4. The molecule has 0 saturated carbocycles. The molecule has 0 aliphatic rings. The number of halogens is 2. The molecule has 5 nitrogen and oxygen atoms in total. The molecule has 0 bridgehead atoms. The van der Waals surface area contributed by atoms with Crippen molar-refractivity contribution >= 4 is 17.3 Å². The van der Waals surface area contributed by atoms with Gasteiger partial charge in [-0.1, -0.05) is 11.6 Å². The van der Waals surface area contributed by atoms with Gasteiger partial charge in [-0.25, -0.2) is 4.39 Å². The summed E-state index contributed by atoms with van der Waals surface area (Å²) in [6.45, 7) is 0. The zero-order valence-corrected chi connectivity index (χ0v) is 12.3. The predicted molar refractivity (Wildman–Crippen MR) is 82.3 cm³/mol. The van der Waals surface area contributed by atoms with E-state index in [0.29, 0.717) is 11.3 Å². The van der Waals surface area contributed by atoms with Crippen LogP contribution in [0.1, 0.15) is 0 Å². The fourth-order valence-corrected chi connectivity index (χ4v) is 2.18. The van der Waals surface area contributed by atoms with Crippen molar-refractivity contribution in [3.8, 4) is 22.8 Å². The van der Waals surface area contributed by atoms with E-state index in [1.807, 2.05) is 0 Å². The van der Waals surface area contributed by atoms with Gasteiger partial charge in [-0.05, 0) is 30.3 Å². The summed E-state index contributed by atoms with van der Waals surface area (Å²) < 4.78 is 24.0. The summed E-state index contributed by atoms with van der Waals surface area (Å²) in [7, 11) is 0. The smallest absolute Gasteiger partial charge is 0.273 e. The third kappa shape index (κ3) is 3.32. The number of furan rings is 1. The van der Waals surface area contributed by atoms with Gasteiger partial charge in [-0.15, -0.1) is 0 Å². The van der Waals surface area contributed by atoms with Gasteiger partial charge in [-0.2, -0.15) is 0 Å². The number of non-ortho nitro benzene ring substituents is 1. The highest BCUT2D eigenvalue weighted by molar-refractivity contribution is 6.30. The van der Waals surface area contributed by atoms with E-state index in [2.05, 4.69) is 0 Å². The second kappa shape index (κ2) is 6.10. The van der Waals surface area contributed by atoms with Crippen LogP contribution in [-0.4, -0.2) is 4.92 Å². The Morgan fingerprint density at radius 3 is 2.61 bits per heavy atom. The van der Waals surface area contributed by atoms with E-state index in [1.54, 1.807) is 18.2 Å². The largest absolute Gasteiger partial charge is 0.464 e. The van der Waals surface area contributed by atoms with E-state index < -0.39 is 10.7 Å². The first-order valence-electron chi connectivity index (χ1n) is 6.49. The van der Waals surface area contributed by atoms with Crippen molar-refractivity contribution in [3.05, 3.63) is 75.7 Å². The Hall–Kier alpha value is -2.86.